The van der Waals surface area contributed by atoms with Gasteiger partial charge in [0.25, 0.3) is 5.91 Å². The number of hydrogen-bond donors (Lipinski definition) is 0. The predicted octanol–water partition coefficient (Wildman–Crippen LogP) is 5.63. The minimum atomic E-state index is -0.695. The maximum absolute atomic E-state index is 14.0. The van der Waals surface area contributed by atoms with Crippen LogP contribution in [0.15, 0.2) is 48.5 Å². The standard InChI is InChI=1S/C26H30N2O4/c1-5-31-17-28-21-15-9-8-14-20(21)22-19-13-7-6-11-18(19)12-10-16-27(24(29)23(22)28)25(30)32-26(2,3)4/h6-9,11,13-15H,5,10,12,16-17H2,1-4H3. The molecule has 2 heterocycles. The number of para-hydroxylation sites is 1. The molecule has 0 spiro atoms. The molecule has 1 aliphatic rings. The van der Waals surface area contributed by atoms with E-state index in [1.54, 1.807) is 20.8 Å². The fraction of sp³-hybridized carbons (Fsp3) is 0.385. The molecular weight excluding hydrogens is 404 g/mol. The van der Waals surface area contributed by atoms with E-state index in [-0.39, 0.29) is 19.2 Å². The molecule has 1 aromatic heterocycles. The van der Waals surface area contributed by atoms with E-state index in [2.05, 4.69) is 12.1 Å². The quantitative estimate of drug-likeness (QED) is 0.536. The van der Waals surface area contributed by atoms with Crippen LogP contribution in [0.3, 0.4) is 0 Å². The fourth-order valence-corrected chi connectivity index (χ4v) is 4.25. The van der Waals surface area contributed by atoms with E-state index in [4.69, 9.17) is 9.47 Å². The summed E-state index contributed by atoms with van der Waals surface area (Å²) in [6.07, 6.45) is 0.802. The van der Waals surface area contributed by atoms with Crippen LogP contribution < -0.4 is 0 Å². The highest BCUT2D eigenvalue weighted by Crippen LogP contribution is 2.39. The van der Waals surface area contributed by atoms with Crippen LogP contribution in [0, 0.1) is 0 Å². The van der Waals surface area contributed by atoms with E-state index in [0.29, 0.717) is 18.7 Å². The highest BCUT2D eigenvalue weighted by Gasteiger charge is 2.34. The van der Waals surface area contributed by atoms with E-state index < -0.39 is 11.7 Å². The molecular formula is C26H30N2O4. The summed E-state index contributed by atoms with van der Waals surface area (Å²) in [6, 6.07) is 16.1. The lowest BCUT2D eigenvalue weighted by molar-refractivity contribution is 0.0230. The van der Waals surface area contributed by atoms with Crippen molar-refractivity contribution in [3.63, 3.8) is 0 Å². The third-order valence-electron chi connectivity index (χ3n) is 5.57. The first-order valence-corrected chi connectivity index (χ1v) is 11.1. The van der Waals surface area contributed by atoms with Gasteiger partial charge in [0.05, 0.1) is 5.52 Å². The van der Waals surface area contributed by atoms with Crippen molar-refractivity contribution in [1.82, 2.24) is 9.47 Å². The topological polar surface area (TPSA) is 60.8 Å². The van der Waals surface area contributed by atoms with E-state index in [1.807, 2.05) is 47.9 Å². The Labute approximate surface area is 188 Å². The number of carbonyl (C=O) groups is 2. The van der Waals surface area contributed by atoms with Gasteiger partial charge in [-0.25, -0.2) is 9.69 Å². The van der Waals surface area contributed by atoms with Gasteiger partial charge in [0.15, 0.2) is 0 Å². The van der Waals surface area contributed by atoms with Crippen LogP contribution in [0.1, 0.15) is 50.2 Å². The SMILES string of the molecule is CCOCn1c2c(c3ccccc31)-c1ccccc1CCCN(C(=O)OC(C)(C)C)C2=O. The van der Waals surface area contributed by atoms with Crippen molar-refractivity contribution in [2.45, 2.75) is 52.9 Å². The molecule has 0 fully saturated rings. The van der Waals surface area contributed by atoms with Crippen LogP contribution in [-0.4, -0.2) is 40.2 Å². The second-order valence-corrected chi connectivity index (χ2v) is 8.99. The Hall–Kier alpha value is -3.12. The molecule has 2 aromatic carbocycles. The van der Waals surface area contributed by atoms with E-state index >= 15 is 0 Å². The van der Waals surface area contributed by atoms with Crippen molar-refractivity contribution < 1.29 is 19.1 Å². The van der Waals surface area contributed by atoms with Gasteiger partial charge in [-0.1, -0.05) is 42.5 Å². The number of rotatable bonds is 3. The van der Waals surface area contributed by atoms with Gasteiger partial charge in [0.2, 0.25) is 0 Å². The molecule has 2 amide bonds. The summed E-state index contributed by atoms with van der Waals surface area (Å²) in [5.41, 5.74) is 3.69. The first-order chi connectivity index (χ1) is 15.3. The molecule has 0 N–H and O–H groups in total. The normalized spacial score (nSPS) is 14.4. The Kier molecular flexibility index (Phi) is 6.07. The van der Waals surface area contributed by atoms with Crippen molar-refractivity contribution in [2.75, 3.05) is 13.2 Å². The minimum Gasteiger partial charge on any atom is -0.443 e. The number of imide groups is 1. The Morgan fingerprint density at radius 1 is 1.06 bits per heavy atom. The molecule has 0 atom stereocenters. The van der Waals surface area contributed by atoms with Crippen LogP contribution in [-0.2, 0) is 22.6 Å². The van der Waals surface area contributed by atoms with E-state index in [9.17, 15) is 9.59 Å². The summed E-state index contributed by atoms with van der Waals surface area (Å²) >= 11 is 0. The maximum Gasteiger partial charge on any atom is 0.417 e. The first kappa shape index (κ1) is 22.1. The highest BCUT2D eigenvalue weighted by molar-refractivity contribution is 6.13. The summed E-state index contributed by atoms with van der Waals surface area (Å²) < 4.78 is 13.2. The van der Waals surface area contributed by atoms with Gasteiger partial charge in [-0.2, -0.15) is 0 Å². The summed E-state index contributed by atoms with van der Waals surface area (Å²) in [4.78, 5) is 28.3. The largest absolute Gasteiger partial charge is 0.443 e. The number of benzene rings is 2. The van der Waals surface area contributed by atoms with Crippen LogP contribution in [0.5, 0.6) is 0 Å². The number of ether oxygens (including phenoxy) is 2. The van der Waals surface area contributed by atoms with Crippen molar-refractivity contribution in [1.29, 1.82) is 0 Å². The van der Waals surface area contributed by atoms with Gasteiger partial charge in [0.1, 0.15) is 18.0 Å². The third-order valence-corrected chi connectivity index (χ3v) is 5.57. The zero-order valence-electron chi connectivity index (χ0n) is 19.2. The molecule has 0 radical (unpaired) electrons. The molecule has 0 unspecified atom stereocenters. The molecule has 4 rings (SSSR count). The van der Waals surface area contributed by atoms with Crippen molar-refractivity contribution in [3.05, 3.63) is 59.8 Å². The first-order valence-electron chi connectivity index (χ1n) is 11.1. The van der Waals surface area contributed by atoms with Gasteiger partial charge in [-0.05, 0) is 57.7 Å². The summed E-state index contributed by atoms with van der Waals surface area (Å²) in [5, 5.41) is 0.967. The maximum atomic E-state index is 14.0. The van der Waals surface area contributed by atoms with Crippen LogP contribution >= 0.6 is 0 Å². The Balaban J connectivity index is 1.98. The third kappa shape index (κ3) is 4.15. The summed E-state index contributed by atoms with van der Waals surface area (Å²) in [7, 11) is 0. The number of aryl methyl sites for hydroxylation is 1. The Bertz CT molecular complexity index is 1160. The van der Waals surface area contributed by atoms with E-state index in [0.717, 1.165) is 34.0 Å². The van der Waals surface area contributed by atoms with Crippen LogP contribution in [0.25, 0.3) is 22.0 Å². The number of amides is 2. The zero-order chi connectivity index (χ0) is 22.9. The Morgan fingerprint density at radius 3 is 2.53 bits per heavy atom. The van der Waals surface area contributed by atoms with Crippen molar-refractivity contribution in [2.24, 2.45) is 0 Å². The molecule has 168 valence electrons. The van der Waals surface area contributed by atoms with Crippen molar-refractivity contribution >= 4 is 22.9 Å². The molecule has 0 aliphatic carbocycles. The zero-order valence-corrected chi connectivity index (χ0v) is 19.2. The fourth-order valence-electron chi connectivity index (χ4n) is 4.25. The second kappa shape index (κ2) is 8.79. The minimum absolute atomic E-state index is 0.225. The molecule has 0 bridgehead atoms. The number of aromatic nitrogens is 1. The lowest BCUT2D eigenvalue weighted by Crippen LogP contribution is -2.42. The lowest BCUT2D eigenvalue weighted by atomic mass is 9.95. The Morgan fingerprint density at radius 2 is 1.78 bits per heavy atom. The highest BCUT2D eigenvalue weighted by atomic mass is 16.6. The molecule has 0 saturated heterocycles. The predicted molar refractivity (Wildman–Crippen MR) is 125 cm³/mol. The number of hydrogen-bond acceptors (Lipinski definition) is 4. The van der Waals surface area contributed by atoms with E-state index in [1.165, 1.54) is 4.90 Å². The number of carbonyl (C=O) groups excluding carboxylic acids is 2. The van der Waals surface area contributed by atoms with Gasteiger partial charge in [0, 0.05) is 24.1 Å². The number of nitrogens with zero attached hydrogens (tertiary/aromatic N) is 2. The van der Waals surface area contributed by atoms with Gasteiger partial charge in [-0.15, -0.1) is 0 Å². The molecule has 32 heavy (non-hydrogen) atoms. The molecule has 6 heteroatoms. The molecule has 0 saturated carbocycles. The van der Waals surface area contributed by atoms with Crippen molar-refractivity contribution in [3.8, 4) is 11.1 Å². The monoisotopic (exact) mass is 434 g/mol. The van der Waals surface area contributed by atoms with Gasteiger partial charge < -0.3 is 14.0 Å². The van der Waals surface area contributed by atoms with Crippen LogP contribution in [0.4, 0.5) is 4.79 Å². The number of fused-ring (bicyclic) bond motifs is 5. The summed E-state index contributed by atoms with van der Waals surface area (Å²) in [5.74, 6) is -0.359. The van der Waals surface area contributed by atoms with Gasteiger partial charge in [-0.3, -0.25) is 4.79 Å². The molecule has 6 nitrogen and oxygen atoms in total. The van der Waals surface area contributed by atoms with Crippen LogP contribution in [0.2, 0.25) is 0 Å². The second-order valence-electron chi connectivity index (χ2n) is 8.99. The molecule has 3 aromatic rings. The smallest absolute Gasteiger partial charge is 0.417 e. The molecule has 1 aliphatic heterocycles. The lowest BCUT2D eigenvalue weighted by Gasteiger charge is -2.26. The summed E-state index contributed by atoms with van der Waals surface area (Å²) in [6.45, 7) is 8.36. The average Bonchev–Trinajstić information content (AvgIpc) is 3.09. The average molecular weight is 435 g/mol. The van der Waals surface area contributed by atoms with Gasteiger partial charge >= 0.3 is 6.09 Å².